The Labute approximate surface area is 44.0 Å². The van der Waals surface area contributed by atoms with E-state index in [1.165, 1.54) is 0 Å². The van der Waals surface area contributed by atoms with Crippen LogP contribution < -0.4 is 5.73 Å². The van der Waals surface area contributed by atoms with Gasteiger partial charge in [-0.25, -0.2) is 0 Å². The molecule has 0 amide bonds. The molecule has 0 heterocycles. The predicted molar refractivity (Wildman–Crippen MR) is 29.8 cm³/mol. The molecule has 0 aliphatic rings. The molecule has 1 unspecified atom stereocenters. The summed E-state index contributed by atoms with van der Waals surface area (Å²) in [7, 11) is 1.60. The first-order chi connectivity index (χ1) is 3.27. The molecule has 0 aromatic heterocycles. The van der Waals surface area contributed by atoms with Gasteiger partial charge in [-0.2, -0.15) is 0 Å². The van der Waals surface area contributed by atoms with Crippen molar-refractivity contribution in [1.29, 1.82) is 0 Å². The molecule has 7 heavy (non-hydrogen) atoms. The Kier molecular flexibility index (Phi) is 3.42. The van der Waals surface area contributed by atoms with Crippen molar-refractivity contribution >= 4 is 0 Å². The van der Waals surface area contributed by atoms with Gasteiger partial charge in [-0.15, -0.1) is 0 Å². The van der Waals surface area contributed by atoms with Crippen LogP contribution in [0.2, 0.25) is 0 Å². The quantitative estimate of drug-likeness (QED) is 0.514. The van der Waals surface area contributed by atoms with E-state index in [4.69, 9.17) is 5.73 Å². The molecule has 2 heteroatoms. The zero-order chi connectivity index (χ0) is 5.70. The second-order valence-corrected chi connectivity index (χ2v) is 1.42. The highest BCUT2D eigenvalue weighted by Crippen LogP contribution is 1.76. The summed E-state index contributed by atoms with van der Waals surface area (Å²) in [5.41, 5.74) is 5.31. The Hall–Kier alpha value is -0.500. The van der Waals surface area contributed by atoms with Crippen molar-refractivity contribution in [3.05, 3.63) is 12.3 Å². The van der Waals surface area contributed by atoms with Crippen LogP contribution in [0.15, 0.2) is 12.3 Å². The van der Waals surface area contributed by atoms with E-state index in [2.05, 4.69) is 4.74 Å². The lowest BCUT2D eigenvalue weighted by Gasteiger charge is -1.91. The van der Waals surface area contributed by atoms with Gasteiger partial charge in [0.25, 0.3) is 0 Å². The minimum absolute atomic E-state index is 0.0972. The molecule has 0 bridgehead atoms. The summed E-state index contributed by atoms with van der Waals surface area (Å²) in [5, 5.41) is 0. The van der Waals surface area contributed by atoms with Crippen molar-refractivity contribution in [2.24, 2.45) is 5.73 Å². The Morgan fingerprint density at radius 3 is 2.43 bits per heavy atom. The molecule has 0 aliphatic heterocycles. The first-order valence-corrected chi connectivity index (χ1v) is 2.22. The standard InChI is InChI=1S/C5H11NO/c1-5(6)3-4-7-2/h3-5H,6H2,1-2H3. The highest BCUT2D eigenvalue weighted by Gasteiger charge is 1.78. The maximum atomic E-state index is 5.31. The number of methoxy groups -OCH3 is 1. The minimum Gasteiger partial charge on any atom is -0.505 e. The van der Waals surface area contributed by atoms with Gasteiger partial charge in [-0.05, 0) is 13.0 Å². The van der Waals surface area contributed by atoms with Gasteiger partial charge in [0.15, 0.2) is 0 Å². The molecule has 0 aromatic carbocycles. The Morgan fingerprint density at radius 1 is 1.71 bits per heavy atom. The summed E-state index contributed by atoms with van der Waals surface area (Å²) in [4.78, 5) is 0. The normalized spacial score (nSPS) is 14.7. The average Bonchev–Trinajstić information content (AvgIpc) is 1.61. The van der Waals surface area contributed by atoms with E-state index < -0.39 is 0 Å². The smallest absolute Gasteiger partial charge is 0.0800 e. The summed E-state index contributed by atoms with van der Waals surface area (Å²) in [6, 6.07) is 0.0972. The molecular weight excluding hydrogens is 90.1 g/mol. The van der Waals surface area contributed by atoms with Gasteiger partial charge in [-0.1, -0.05) is 0 Å². The second-order valence-electron chi connectivity index (χ2n) is 1.42. The molecule has 0 fully saturated rings. The van der Waals surface area contributed by atoms with E-state index in [0.29, 0.717) is 0 Å². The van der Waals surface area contributed by atoms with Crippen LogP contribution in [0.4, 0.5) is 0 Å². The largest absolute Gasteiger partial charge is 0.505 e. The topological polar surface area (TPSA) is 35.2 Å². The first kappa shape index (κ1) is 6.50. The van der Waals surface area contributed by atoms with E-state index in [0.717, 1.165) is 0 Å². The fourth-order valence-corrected chi connectivity index (χ4v) is 0.202. The second kappa shape index (κ2) is 3.68. The van der Waals surface area contributed by atoms with Crippen LogP contribution in [0, 0.1) is 0 Å². The highest BCUT2D eigenvalue weighted by atomic mass is 16.5. The number of hydrogen-bond donors (Lipinski definition) is 1. The van der Waals surface area contributed by atoms with Crippen molar-refractivity contribution in [2.75, 3.05) is 7.11 Å². The van der Waals surface area contributed by atoms with E-state index in [-0.39, 0.29) is 6.04 Å². The predicted octanol–water partition coefficient (Wildman–Crippen LogP) is 0.494. The Bertz CT molecular complexity index is 59.1. The molecule has 0 spiro atoms. The van der Waals surface area contributed by atoms with Crippen molar-refractivity contribution in [3.8, 4) is 0 Å². The monoisotopic (exact) mass is 101 g/mol. The van der Waals surface area contributed by atoms with Crippen molar-refractivity contribution in [3.63, 3.8) is 0 Å². The molecular formula is C5H11NO. The number of rotatable bonds is 2. The zero-order valence-electron chi connectivity index (χ0n) is 4.72. The van der Waals surface area contributed by atoms with Crippen LogP contribution in [-0.2, 0) is 4.74 Å². The van der Waals surface area contributed by atoms with Gasteiger partial charge >= 0.3 is 0 Å². The SMILES string of the molecule is COC=CC(C)N. The molecule has 2 nitrogen and oxygen atoms in total. The summed E-state index contributed by atoms with van der Waals surface area (Å²) in [6.45, 7) is 1.88. The summed E-state index contributed by atoms with van der Waals surface area (Å²) in [5.74, 6) is 0. The van der Waals surface area contributed by atoms with E-state index in [1.54, 1.807) is 19.4 Å². The molecule has 0 saturated heterocycles. The first-order valence-electron chi connectivity index (χ1n) is 2.22. The fourth-order valence-electron chi connectivity index (χ4n) is 0.202. The van der Waals surface area contributed by atoms with Gasteiger partial charge in [0, 0.05) is 6.04 Å². The molecule has 2 N–H and O–H groups in total. The third-order valence-corrected chi connectivity index (χ3v) is 0.518. The lowest BCUT2D eigenvalue weighted by atomic mass is 10.4. The zero-order valence-corrected chi connectivity index (χ0v) is 4.72. The number of hydrogen-bond acceptors (Lipinski definition) is 2. The highest BCUT2D eigenvalue weighted by molar-refractivity contribution is 4.82. The molecule has 0 rings (SSSR count). The van der Waals surface area contributed by atoms with E-state index in [1.807, 2.05) is 6.92 Å². The van der Waals surface area contributed by atoms with Crippen LogP contribution in [0.25, 0.3) is 0 Å². The lowest BCUT2D eigenvalue weighted by Crippen LogP contribution is -2.10. The van der Waals surface area contributed by atoms with E-state index in [9.17, 15) is 0 Å². The third-order valence-electron chi connectivity index (χ3n) is 0.518. The summed E-state index contributed by atoms with van der Waals surface area (Å²) >= 11 is 0. The van der Waals surface area contributed by atoms with Crippen LogP contribution in [0.5, 0.6) is 0 Å². The van der Waals surface area contributed by atoms with Crippen molar-refractivity contribution in [2.45, 2.75) is 13.0 Å². The van der Waals surface area contributed by atoms with Gasteiger partial charge in [0.05, 0.1) is 13.4 Å². The van der Waals surface area contributed by atoms with Gasteiger partial charge in [0.2, 0.25) is 0 Å². The number of nitrogens with two attached hydrogens (primary N) is 1. The van der Waals surface area contributed by atoms with Crippen LogP contribution in [0.1, 0.15) is 6.92 Å². The fraction of sp³-hybridized carbons (Fsp3) is 0.600. The molecule has 42 valence electrons. The summed E-state index contributed by atoms with van der Waals surface area (Å²) < 4.78 is 4.59. The molecule has 0 aromatic rings. The van der Waals surface area contributed by atoms with Crippen LogP contribution >= 0.6 is 0 Å². The number of ether oxygens (including phenoxy) is 1. The molecule has 1 atom stereocenters. The molecule has 0 radical (unpaired) electrons. The summed E-state index contributed by atoms with van der Waals surface area (Å²) in [6.07, 6.45) is 3.35. The third kappa shape index (κ3) is 5.50. The van der Waals surface area contributed by atoms with Gasteiger partial charge in [-0.3, -0.25) is 0 Å². The Balaban J connectivity index is 3.08. The van der Waals surface area contributed by atoms with Crippen molar-refractivity contribution < 1.29 is 4.74 Å². The molecule has 0 saturated carbocycles. The maximum Gasteiger partial charge on any atom is 0.0800 e. The van der Waals surface area contributed by atoms with Crippen LogP contribution in [0.3, 0.4) is 0 Å². The van der Waals surface area contributed by atoms with Gasteiger partial charge < -0.3 is 10.5 Å². The van der Waals surface area contributed by atoms with E-state index >= 15 is 0 Å². The van der Waals surface area contributed by atoms with Gasteiger partial charge in [0.1, 0.15) is 0 Å². The average molecular weight is 101 g/mol. The minimum atomic E-state index is 0.0972. The lowest BCUT2D eigenvalue weighted by molar-refractivity contribution is 0.336. The van der Waals surface area contributed by atoms with Crippen molar-refractivity contribution in [1.82, 2.24) is 0 Å². The van der Waals surface area contributed by atoms with Crippen LogP contribution in [-0.4, -0.2) is 13.2 Å². The molecule has 0 aliphatic carbocycles. The Morgan fingerprint density at radius 2 is 2.29 bits per heavy atom. The maximum absolute atomic E-state index is 5.31.